The third-order valence-corrected chi connectivity index (χ3v) is 2.54. The van der Waals surface area contributed by atoms with E-state index in [1.54, 1.807) is 18.0 Å². The molecule has 0 atom stereocenters. The van der Waals surface area contributed by atoms with E-state index in [1.807, 2.05) is 32.0 Å². The number of hydrogen-bond acceptors (Lipinski definition) is 3. The Balaban J connectivity index is 2.52. The van der Waals surface area contributed by atoms with E-state index in [9.17, 15) is 9.59 Å². The number of nitrogens with one attached hydrogen (secondary N) is 1. The zero-order chi connectivity index (χ0) is 13.5. The fraction of sp³-hybridized carbons (Fsp3) is 0.429. The summed E-state index contributed by atoms with van der Waals surface area (Å²) in [5, 5.41) is 2.71. The lowest BCUT2D eigenvalue weighted by Gasteiger charge is -2.15. The largest absolute Gasteiger partial charge is 0.355 e. The molecule has 0 aliphatic rings. The van der Waals surface area contributed by atoms with Gasteiger partial charge in [-0.1, -0.05) is 23.8 Å². The van der Waals surface area contributed by atoms with Crippen molar-refractivity contribution in [2.24, 2.45) is 0 Å². The van der Waals surface area contributed by atoms with E-state index in [0.29, 0.717) is 12.1 Å². The van der Waals surface area contributed by atoms with Crippen molar-refractivity contribution >= 4 is 11.7 Å². The molecule has 1 rings (SSSR count). The molecular weight excluding hydrogens is 228 g/mol. The Labute approximate surface area is 108 Å². The molecule has 0 bridgehead atoms. The average molecular weight is 248 g/mol. The molecule has 0 unspecified atom stereocenters. The summed E-state index contributed by atoms with van der Waals surface area (Å²) in [5.74, 6) is -0.0254. The topological polar surface area (TPSA) is 49.4 Å². The number of carbonyl (C=O) groups is 2. The maximum atomic E-state index is 12.0. The Morgan fingerprint density at radius 3 is 2.61 bits per heavy atom. The first-order valence-corrected chi connectivity index (χ1v) is 6.08. The van der Waals surface area contributed by atoms with E-state index in [1.165, 1.54) is 0 Å². The second-order valence-electron chi connectivity index (χ2n) is 4.42. The first-order chi connectivity index (χ1) is 8.52. The van der Waals surface area contributed by atoms with Crippen molar-refractivity contribution in [1.29, 1.82) is 0 Å². The number of Topliss-reactive ketones (excluding diaryl/α,β-unsaturated/α-hetero) is 1. The predicted molar refractivity (Wildman–Crippen MR) is 71.7 cm³/mol. The smallest absolute Gasteiger partial charge is 0.234 e. The highest BCUT2D eigenvalue weighted by Crippen LogP contribution is 2.05. The molecule has 0 fully saturated rings. The van der Waals surface area contributed by atoms with Gasteiger partial charge in [-0.3, -0.25) is 14.5 Å². The molecule has 1 aromatic rings. The molecule has 0 radical (unpaired) electrons. The van der Waals surface area contributed by atoms with Gasteiger partial charge in [0.25, 0.3) is 0 Å². The van der Waals surface area contributed by atoms with Crippen LogP contribution in [0, 0.1) is 6.92 Å². The summed E-state index contributed by atoms with van der Waals surface area (Å²) in [7, 11) is 1.77. The second kappa shape index (κ2) is 6.91. The summed E-state index contributed by atoms with van der Waals surface area (Å²) in [6.45, 7) is 4.93. The van der Waals surface area contributed by atoms with Crippen LogP contribution in [-0.4, -0.2) is 43.3 Å². The van der Waals surface area contributed by atoms with Gasteiger partial charge < -0.3 is 5.32 Å². The van der Waals surface area contributed by atoms with Crippen LogP contribution in [0.2, 0.25) is 0 Å². The summed E-state index contributed by atoms with van der Waals surface area (Å²) >= 11 is 0. The van der Waals surface area contributed by atoms with E-state index in [0.717, 1.165) is 5.56 Å². The summed E-state index contributed by atoms with van der Waals surface area (Å²) in [4.78, 5) is 25.1. The van der Waals surface area contributed by atoms with Gasteiger partial charge in [0, 0.05) is 12.1 Å². The molecule has 18 heavy (non-hydrogen) atoms. The summed E-state index contributed by atoms with van der Waals surface area (Å²) in [5.41, 5.74) is 1.75. The van der Waals surface area contributed by atoms with Crippen LogP contribution in [0.1, 0.15) is 22.8 Å². The normalized spacial score (nSPS) is 10.4. The van der Waals surface area contributed by atoms with Gasteiger partial charge in [0.15, 0.2) is 5.78 Å². The predicted octanol–water partition coefficient (Wildman–Crippen LogP) is 1.25. The van der Waals surface area contributed by atoms with E-state index >= 15 is 0 Å². The van der Waals surface area contributed by atoms with Crippen molar-refractivity contribution in [2.45, 2.75) is 13.8 Å². The number of nitrogens with zero attached hydrogens (tertiary/aromatic N) is 1. The Morgan fingerprint density at radius 1 is 1.28 bits per heavy atom. The van der Waals surface area contributed by atoms with Gasteiger partial charge in [-0.2, -0.15) is 0 Å². The molecule has 1 amide bonds. The van der Waals surface area contributed by atoms with Crippen molar-refractivity contribution in [3.8, 4) is 0 Å². The quantitative estimate of drug-likeness (QED) is 0.771. The number of ketones is 1. The van der Waals surface area contributed by atoms with Crippen LogP contribution < -0.4 is 5.32 Å². The van der Waals surface area contributed by atoms with E-state index in [2.05, 4.69) is 5.32 Å². The van der Waals surface area contributed by atoms with Crippen molar-refractivity contribution in [3.05, 3.63) is 35.4 Å². The highest BCUT2D eigenvalue weighted by molar-refractivity contribution is 5.98. The second-order valence-corrected chi connectivity index (χ2v) is 4.42. The van der Waals surface area contributed by atoms with Crippen LogP contribution in [0.15, 0.2) is 24.3 Å². The third-order valence-electron chi connectivity index (χ3n) is 2.54. The first-order valence-electron chi connectivity index (χ1n) is 6.08. The molecule has 0 saturated heterocycles. The lowest BCUT2D eigenvalue weighted by atomic mass is 10.1. The van der Waals surface area contributed by atoms with Crippen LogP contribution in [0.4, 0.5) is 0 Å². The molecule has 0 saturated carbocycles. The fourth-order valence-corrected chi connectivity index (χ4v) is 1.71. The lowest BCUT2D eigenvalue weighted by molar-refractivity contribution is -0.121. The van der Waals surface area contributed by atoms with Crippen LogP contribution in [-0.2, 0) is 4.79 Å². The van der Waals surface area contributed by atoms with E-state index in [4.69, 9.17) is 0 Å². The molecule has 4 heteroatoms. The molecule has 0 spiro atoms. The van der Waals surface area contributed by atoms with Gasteiger partial charge in [-0.15, -0.1) is 0 Å². The summed E-state index contributed by atoms with van der Waals surface area (Å²) in [6, 6.07) is 7.49. The standard InChI is InChI=1S/C14H20N2O2/c1-4-15-14(18)10-16(3)9-13(17)12-7-5-6-11(2)8-12/h5-8H,4,9-10H2,1-3H3,(H,15,18). The van der Waals surface area contributed by atoms with Gasteiger partial charge >= 0.3 is 0 Å². The minimum absolute atomic E-state index is 0.0329. The Kier molecular flexibility index (Phi) is 5.52. The van der Waals surface area contributed by atoms with Gasteiger partial charge in [0.1, 0.15) is 0 Å². The SMILES string of the molecule is CCNC(=O)CN(C)CC(=O)c1cccc(C)c1. The average Bonchev–Trinajstić information content (AvgIpc) is 2.28. The number of amides is 1. The molecule has 4 nitrogen and oxygen atoms in total. The highest BCUT2D eigenvalue weighted by atomic mass is 16.2. The van der Waals surface area contributed by atoms with Crippen LogP contribution in [0.25, 0.3) is 0 Å². The van der Waals surface area contributed by atoms with Crippen molar-refractivity contribution < 1.29 is 9.59 Å². The summed E-state index contributed by atoms with van der Waals surface area (Å²) in [6.07, 6.45) is 0. The molecule has 1 aromatic carbocycles. The maximum absolute atomic E-state index is 12.0. The van der Waals surface area contributed by atoms with Crippen LogP contribution in [0.5, 0.6) is 0 Å². The molecule has 0 aliphatic carbocycles. The monoisotopic (exact) mass is 248 g/mol. The Hall–Kier alpha value is -1.68. The van der Waals surface area contributed by atoms with Crippen molar-refractivity contribution in [1.82, 2.24) is 10.2 Å². The minimum Gasteiger partial charge on any atom is -0.355 e. The number of carbonyl (C=O) groups excluding carboxylic acids is 2. The van der Waals surface area contributed by atoms with Crippen LogP contribution >= 0.6 is 0 Å². The molecule has 0 heterocycles. The zero-order valence-corrected chi connectivity index (χ0v) is 11.2. The van der Waals surface area contributed by atoms with Crippen molar-refractivity contribution in [3.63, 3.8) is 0 Å². The van der Waals surface area contributed by atoms with Gasteiger partial charge in [-0.25, -0.2) is 0 Å². The van der Waals surface area contributed by atoms with Gasteiger partial charge in [0.2, 0.25) is 5.91 Å². The molecule has 0 aliphatic heterocycles. The van der Waals surface area contributed by atoms with Crippen molar-refractivity contribution in [2.75, 3.05) is 26.7 Å². The number of aryl methyl sites for hydroxylation is 1. The lowest BCUT2D eigenvalue weighted by Crippen LogP contribution is -2.37. The van der Waals surface area contributed by atoms with Gasteiger partial charge in [-0.05, 0) is 27.0 Å². The van der Waals surface area contributed by atoms with E-state index < -0.39 is 0 Å². The number of benzene rings is 1. The minimum atomic E-state index is -0.0583. The number of hydrogen-bond donors (Lipinski definition) is 1. The van der Waals surface area contributed by atoms with Crippen LogP contribution in [0.3, 0.4) is 0 Å². The molecule has 1 N–H and O–H groups in total. The third kappa shape index (κ3) is 4.67. The Morgan fingerprint density at radius 2 is 2.00 bits per heavy atom. The zero-order valence-electron chi connectivity index (χ0n) is 11.2. The molecule has 0 aromatic heterocycles. The van der Waals surface area contributed by atoms with Gasteiger partial charge in [0.05, 0.1) is 13.1 Å². The number of rotatable bonds is 6. The number of likely N-dealkylation sites (N-methyl/N-ethyl adjacent to an activating group) is 2. The first kappa shape index (κ1) is 14.4. The Bertz CT molecular complexity index is 430. The maximum Gasteiger partial charge on any atom is 0.234 e. The fourth-order valence-electron chi connectivity index (χ4n) is 1.71. The molecular formula is C14H20N2O2. The van der Waals surface area contributed by atoms with E-state index in [-0.39, 0.29) is 24.8 Å². The molecule has 98 valence electrons. The highest BCUT2D eigenvalue weighted by Gasteiger charge is 2.11. The summed E-state index contributed by atoms with van der Waals surface area (Å²) < 4.78 is 0.